The third-order valence-corrected chi connectivity index (χ3v) is 3.07. The smallest absolute Gasteiger partial charge is 0.434 e. The lowest BCUT2D eigenvalue weighted by molar-refractivity contribution is -0.255. The van der Waals surface area contributed by atoms with Gasteiger partial charge in [-0.3, -0.25) is 4.21 Å². The van der Waals surface area contributed by atoms with Crippen LogP contribution in [0.25, 0.3) is 0 Å². The minimum absolute atomic E-state index is 0.0922. The lowest BCUT2D eigenvalue weighted by atomic mass is 10.2. The summed E-state index contributed by atoms with van der Waals surface area (Å²) in [5.74, 6) is -1.88. The molecule has 1 atom stereocenters. The Labute approximate surface area is 96.9 Å². The molecule has 1 aromatic rings. The zero-order valence-electron chi connectivity index (χ0n) is 8.58. The van der Waals surface area contributed by atoms with Crippen LogP contribution in [0.3, 0.4) is 0 Å². The number of carboxylic acid groups (broad SMARTS) is 1. The zero-order valence-corrected chi connectivity index (χ0v) is 9.39. The number of carbonyl (C=O) groups is 1. The van der Waals surface area contributed by atoms with Crippen molar-refractivity contribution in [1.82, 2.24) is 4.98 Å². The van der Waals surface area contributed by atoms with E-state index < -0.39 is 34.2 Å². The molecule has 0 aliphatic heterocycles. The fraction of sp³-hybridized carbons (Fsp3) is 0.333. The van der Waals surface area contributed by atoms with Gasteiger partial charge in [0.2, 0.25) is 0 Å². The summed E-state index contributed by atoms with van der Waals surface area (Å²) < 4.78 is 48.8. The van der Waals surface area contributed by atoms with Crippen molar-refractivity contribution in [3.63, 3.8) is 0 Å². The van der Waals surface area contributed by atoms with Crippen molar-refractivity contribution in [2.45, 2.75) is 18.1 Å². The highest BCUT2D eigenvalue weighted by Gasteiger charge is 2.36. The van der Waals surface area contributed by atoms with Crippen molar-refractivity contribution < 1.29 is 27.3 Å². The largest absolute Gasteiger partial charge is 0.545 e. The molecule has 17 heavy (non-hydrogen) atoms. The van der Waals surface area contributed by atoms with Crippen molar-refractivity contribution in [1.29, 1.82) is 0 Å². The molecule has 0 amide bonds. The van der Waals surface area contributed by atoms with Crippen molar-refractivity contribution in [3.05, 3.63) is 23.4 Å². The first-order valence-electron chi connectivity index (χ1n) is 4.45. The van der Waals surface area contributed by atoms with Gasteiger partial charge in [0.05, 0.1) is 16.8 Å². The summed E-state index contributed by atoms with van der Waals surface area (Å²) in [7, 11) is -1.68. The molecule has 0 aliphatic carbocycles. The predicted octanol–water partition coefficient (Wildman–Crippen LogP) is 0.591. The van der Waals surface area contributed by atoms with Crippen LogP contribution in [-0.2, 0) is 17.0 Å². The molecule has 8 heteroatoms. The van der Waals surface area contributed by atoms with Crippen molar-refractivity contribution in [3.8, 4) is 0 Å². The van der Waals surface area contributed by atoms with Crippen molar-refractivity contribution >= 4 is 16.8 Å². The number of halogens is 3. The Balaban J connectivity index is 3.40. The van der Waals surface area contributed by atoms with E-state index in [2.05, 4.69) is 4.98 Å². The number of aromatic carboxylic acids is 1. The van der Waals surface area contributed by atoms with Gasteiger partial charge in [0.1, 0.15) is 5.03 Å². The summed E-state index contributed by atoms with van der Waals surface area (Å²) in [5.41, 5.74) is -2.65. The monoisotopic (exact) mass is 266 g/mol. The van der Waals surface area contributed by atoms with E-state index in [0.717, 1.165) is 6.07 Å². The molecule has 0 saturated carbocycles. The third kappa shape index (κ3) is 3.02. The average Bonchev–Trinajstić information content (AvgIpc) is 2.25. The van der Waals surface area contributed by atoms with Gasteiger partial charge in [-0.15, -0.1) is 0 Å². The minimum Gasteiger partial charge on any atom is -0.545 e. The first-order valence-corrected chi connectivity index (χ1v) is 5.77. The van der Waals surface area contributed by atoms with E-state index >= 15 is 0 Å². The Hall–Kier alpha value is -1.44. The van der Waals surface area contributed by atoms with Crippen LogP contribution >= 0.6 is 0 Å². The Bertz CT molecular complexity index is 473. The molecule has 0 saturated heterocycles. The van der Waals surface area contributed by atoms with E-state index in [1.54, 1.807) is 0 Å². The summed E-state index contributed by atoms with van der Waals surface area (Å²) in [6, 6.07) is 1.69. The fourth-order valence-electron chi connectivity index (χ4n) is 1.10. The Morgan fingerprint density at radius 3 is 2.47 bits per heavy atom. The Morgan fingerprint density at radius 1 is 1.47 bits per heavy atom. The van der Waals surface area contributed by atoms with Gasteiger partial charge in [0.15, 0.2) is 5.69 Å². The van der Waals surface area contributed by atoms with Gasteiger partial charge in [-0.05, 0) is 12.1 Å². The SMILES string of the molecule is CCS(=O)c1ccc(C(=O)[O-])c(C(F)(F)F)n1. The predicted molar refractivity (Wildman–Crippen MR) is 50.5 cm³/mol. The first kappa shape index (κ1) is 13.6. The van der Waals surface area contributed by atoms with E-state index in [0.29, 0.717) is 6.07 Å². The maximum Gasteiger partial charge on any atom is 0.434 e. The highest BCUT2D eigenvalue weighted by atomic mass is 32.2. The molecule has 1 unspecified atom stereocenters. The molecule has 1 heterocycles. The van der Waals surface area contributed by atoms with Gasteiger partial charge in [-0.25, -0.2) is 4.98 Å². The lowest BCUT2D eigenvalue weighted by Gasteiger charge is -2.13. The average molecular weight is 266 g/mol. The first-order chi connectivity index (χ1) is 7.77. The molecule has 0 radical (unpaired) electrons. The minimum atomic E-state index is -4.93. The summed E-state index contributed by atoms with van der Waals surface area (Å²) in [6.07, 6.45) is -4.93. The molecule has 0 bridgehead atoms. The third-order valence-electron chi connectivity index (χ3n) is 1.85. The van der Waals surface area contributed by atoms with Crippen molar-refractivity contribution in [2.75, 3.05) is 5.75 Å². The number of nitrogens with zero attached hydrogens (tertiary/aromatic N) is 1. The molecule has 1 rings (SSSR count). The van der Waals surface area contributed by atoms with Crippen LogP contribution in [0.5, 0.6) is 0 Å². The van der Waals surface area contributed by atoms with Crippen LogP contribution in [0, 0.1) is 0 Å². The highest BCUT2D eigenvalue weighted by Crippen LogP contribution is 2.30. The molecule has 1 aromatic heterocycles. The van der Waals surface area contributed by atoms with E-state index in [-0.39, 0.29) is 10.8 Å². The standard InChI is InChI=1S/C9H8F3NO3S/c1-2-17(16)6-4-3-5(8(14)15)7(13-6)9(10,11)12/h3-4H,2H2,1H3,(H,14,15)/p-1. The van der Waals surface area contributed by atoms with Crippen LogP contribution in [0.2, 0.25) is 0 Å². The summed E-state index contributed by atoms with van der Waals surface area (Å²) in [5, 5.41) is 10.2. The van der Waals surface area contributed by atoms with Gasteiger partial charge < -0.3 is 9.90 Å². The number of rotatable bonds is 3. The van der Waals surface area contributed by atoms with E-state index in [9.17, 15) is 27.3 Å². The van der Waals surface area contributed by atoms with Crippen molar-refractivity contribution in [2.24, 2.45) is 0 Å². The molecule has 94 valence electrons. The number of alkyl halides is 3. The van der Waals surface area contributed by atoms with Crippen LogP contribution in [0.15, 0.2) is 17.2 Å². The molecule has 0 spiro atoms. The van der Waals surface area contributed by atoms with Crippen LogP contribution in [0.1, 0.15) is 23.0 Å². The Kier molecular flexibility index (Phi) is 3.87. The number of pyridine rings is 1. The molecular weight excluding hydrogens is 259 g/mol. The van der Waals surface area contributed by atoms with Crippen LogP contribution in [-0.4, -0.2) is 20.9 Å². The maximum absolute atomic E-state index is 12.5. The molecule has 0 aliphatic rings. The second kappa shape index (κ2) is 4.82. The van der Waals surface area contributed by atoms with Crippen LogP contribution in [0.4, 0.5) is 13.2 Å². The normalized spacial score (nSPS) is 13.4. The molecular formula is C9H7F3NO3S-. The topological polar surface area (TPSA) is 70.1 Å². The number of hydrogen-bond donors (Lipinski definition) is 0. The zero-order chi connectivity index (χ0) is 13.2. The summed E-state index contributed by atoms with van der Waals surface area (Å²) >= 11 is 0. The molecule has 4 nitrogen and oxygen atoms in total. The summed E-state index contributed by atoms with van der Waals surface area (Å²) in [4.78, 5) is 13.6. The number of aromatic nitrogens is 1. The van der Waals surface area contributed by atoms with Gasteiger partial charge in [-0.2, -0.15) is 13.2 Å². The van der Waals surface area contributed by atoms with E-state index in [1.165, 1.54) is 6.92 Å². The summed E-state index contributed by atoms with van der Waals surface area (Å²) in [6.45, 7) is 1.51. The Morgan fingerprint density at radius 2 is 2.06 bits per heavy atom. The van der Waals surface area contributed by atoms with E-state index in [1.807, 2.05) is 0 Å². The number of hydrogen-bond acceptors (Lipinski definition) is 4. The highest BCUT2D eigenvalue weighted by molar-refractivity contribution is 7.84. The van der Waals surface area contributed by atoms with Gasteiger partial charge >= 0.3 is 6.18 Å². The molecule has 0 aromatic carbocycles. The number of carboxylic acids is 1. The van der Waals surface area contributed by atoms with Crippen LogP contribution < -0.4 is 5.11 Å². The molecule has 0 N–H and O–H groups in total. The van der Waals surface area contributed by atoms with Gasteiger partial charge in [0, 0.05) is 11.3 Å². The maximum atomic E-state index is 12.5. The van der Waals surface area contributed by atoms with E-state index in [4.69, 9.17) is 0 Å². The molecule has 0 fully saturated rings. The number of carbonyl (C=O) groups excluding carboxylic acids is 1. The second-order valence-electron chi connectivity index (χ2n) is 2.97. The lowest BCUT2D eigenvalue weighted by Crippen LogP contribution is -2.27. The van der Waals surface area contributed by atoms with Gasteiger partial charge in [0.25, 0.3) is 0 Å². The quantitative estimate of drug-likeness (QED) is 0.803. The fourth-order valence-corrected chi connectivity index (χ4v) is 1.81. The van der Waals surface area contributed by atoms with Gasteiger partial charge in [-0.1, -0.05) is 6.92 Å². The second-order valence-corrected chi connectivity index (χ2v) is 4.65.